The smallest absolute Gasteiger partial charge is 0.286 e. The second kappa shape index (κ2) is 8.07. The van der Waals surface area contributed by atoms with Gasteiger partial charge in [-0.25, -0.2) is 0 Å². The quantitative estimate of drug-likeness (QED) is 0.446. The highest BCUT2D eigenvalue weighted by atomic mass is 16.5. The lowest BCUT2D eigenvalue weighted by molar-refractivity contribution is -0.122. The summed E-state index contributed by atoms with van der Waals surface area (Å²) in [5.74, 6) is 0.141. The zero-order valence-electron chi connectivity index (χ0n) is 18.4. The summed E-state index contributed by atoms with van der Waals surface area (Å²) in [6.07, 6.45) is 7.30. The molecule has 1 aromatic heterocycles. The van der Waals surface area contributed by atoms with E-state index in [-0.39, 0.29) is 23.0 Å². The van der Waals surface area contributed by atoms with Crippen molar-refractivity contribution in [2.75, 3.05) is 14.2 Å². The van der Waals surface area contributed by atoms with Gasteiger partial charge in [0.25, 0.3) is 5.91 Å². The SMILES string of the molecule is CO/C(=C\C=C\c1cc2ccccc2[nH]1)C(=O)NC1CC(C)(C)N(C)C(C)(C)C1. The number of allylic oxidation sites excluding steroid dienone is 2. The Morgan fingerprint density at radius 2 is 1.86 bits per heavy atom. The van der Waals surface area contributed by atoms with E-state index >= 15 is 0 Å². The molecule has 156 valence electrons. The Morgan fingerprint density at radius 3 is 2.48 bits per heavy atom. The molecule has 2 heterocycles. The Labute approximate surface area is 173 Å². The molecular weight excluding hydrogens is 362 g/mol. The van der Waals surface area contributed by atoms with E-state index < -0.39 is 0 Å². The molecule has 0 aliphatic carbocycles. The Morgan fingerprint density at radius 1 is 1.21 bits per heavy atom. The number of methoxy groups -OCH3 is 1. The van der Waals surface area contributed by atoms with Gasteiger partial charge in [0.15, 0.2) is 5.76 Å². The second-order valence-corrected chi connectivity index (χ2v) is 9.17. The third-order valence-electron chi connectivity index (χ3n) is 6.16. The van der Waals surface area contributed by atoms with Crippen molar-refractivity contribution in [3.05, 3.63) is 53.9 Å². The molecule has 0 saturated carbocycles. The molecule has 2 N–H and O–H groups in total. The van der Waals surface area contributed by atoms with Crippen LogP contribution in [0.5, 0.6) is 0 Å². The minimum atomic E-state index is -0.171. The number of aromatic amines is 1. The number of likely N-dealkylation sites (tertiary alicyclic amines) is 1. The monoisotopic (exact) mass is 395 g/mol. The van der Waals surface area contributed by atoms with Crippen molar-refractivity contribution in [3.63, 3.8) is 0 Å². The molecular formula is C24H33N3O2. The molecule has 0 bridgehead atoms. The van der Waals surface area contributed by atoms with Gasteiger partial charge in [0, 0.05) is 28.3 Å². The molecule has 2 aromatic rings. The average molecular weight is 396 g/mol. The molecule has 29 heavy (non-hydrogen) atoms. The third kappa shape index (κ3) is 4.73. The average Bonchev–Trinajstić information content (AvgIpc) is 3.05. The lowest BCUT2D eigenvalue weighted by atomic mass is 9.77. The van der Waals surface area contributed by atoms with E-state index in [0.717, 1.165) is 29.4 Å². The number of piperidine rings is 1. The van der Waals surface area contributed by atoms with Crippen LogP contribution in [0.2, 0.25) is 0 Å². The van der Waals surface area contributed by atoms with E-state index in [1.54, 1.807) is 6.08 Å². The minimum absolute atomic E-state index is 0.0200. The largest absolute Gasteiger partial charge is 0.491 e. The Balaban J connectivity index is 1.68. The molecule has 1 aromatic carbocycles. The Bertz CT molecular complexity index is 886. The number of nitrogens with zero attached hydrogens (tertiary/aromatic N) is 1. The van der Waals surface area contributed by atoms with Crippen molar-refractivity contribution in [1.29, 1.82) is 0 Å². The topological polar surface area (TPSA) is 57.4 Å². The standard InChI is InChI=1S/C24H33N3O2/c1-23(2)15-19(16-24(3,4)27(23)5)26-22(28)21(29-6)13-9-11-18-14-17-10-7-8-12-20(17)25-18/h7-14,19,25H,15-16H2,1-6H3,(H,26,28)/b11-9+,21-13-. The van der Waals surface area contributed by atoms with Crippen LogP contribution in [-0.2, 0) is 9.53 Å². The van der Waals surface area contributed by atoms with E-state index in [4.69, 9.17) is 4.74 Å². The Kier molecular flexibility index (Phi) is 5.90. The van der Waals surface area contributed by atoms with Crippen LogP contribution in [0.15, 0.2) is 48.2 Å². The van der Waals surface area contributed by atoms with E-state index in [0.29, 0.717) is 5.76 Å². The fourth-order valence-corrected chi connectivity index (χ4v) is 4.39. The molecule has 0 spiro atoms. The first kappa shape index (κ1) is 21.2. The van der Waals surface area contributed by atoms with Gasteiger partial charge in [-0.2, -0.15) is 0 Å². The highest BCUT2D eigenvalue weighted by Gasteiger charge is 2.43. The number of H-pyrrole nitrogens is 1. The molecule has 0 atom stereocenters. The number of hydrogen-bond acceptors (Lipinski definition) is 3. The van der Waals surface area contributed by atoms with Gasteiger partial charge in [-0.15, -0.1) is 0 Å². The lowest BCUT2D eigenvalue weighted by Crippen LogP contribution is -2.62. The van der Waals surface area contributed by atoms with Gasteiger partial charge in [-0.3, -0.25) is 9.69 Å². The van der Waals surface area contributed by atoms with Gasteiger partial charge >= 0.3 is 0 Å². The first-order valence-electron chi connectivity index (χ1n) is 10.2. The van der Waals surface area contributed by atoms with Crippen molar-refractivity contribution < 1.29 is 9.53 Å². The van der Waals surface area contributed by atoms with Crippen molar-refractivity contribution in [3.8, 4) is 0 Å². The highest BCUT2D eigenvalue weighted by molar-refractivity contribution is 5.92. The summed E-state index contributed by atoms with van der Waals surface area (Å²) in [4.78, 5) is 18.5. The normalized spacial score (nSPS) is 20.3. The van der Waals surface area contributed by atoms with Gasteiger partial charge < -0.3 is 15.0 Å². The predicted octanol–water partition coefficient (Wildman–Crippen LogP) is 4.48. The predicted molar refractivity (Wildman–Crippen MR) is 120 cm³/mol. The zero-order valence-corrected chi connectivity index (χ0v) is 18.4. The van der Waals surface area contributed by atoms with Crippen molar-refractivity contribution in [1.82, 2.24) is 15.2 Å². The molecule has 5 heteroatoms. The molecule has 1 aliphatic rings. The molecule has 1 saturated heterocycles. The number of benzene rings is 1. The maximum atomic E-state index is 12.8. The fourth-order valence-electron chi connectivity index (χ4n) is 4.39. The molecule has 1 aliphatic heterocycles. The second-order valence-electron chi connectivity index (χ2n) is 9.17. The molecule has 1 amide bonds. The number of hydrogen-bond donors (Lipinski definition) is 2. The van der Waals surface area contributed by atoms with Crippen LogP contribution in [-0.4, -0.2) is 47.1 Å². The summed E-state index contributed by atoms with van der Waals surface area (Å²) in [5.41, 5.74) is 2.11. The number of ether oxygens (including phenoxy) is 1. The van der Waals surface area contributed by atoms with Crippen LogP contribution in [0.4, 0.5) is 0 Å². The number of fused-ring (bicyclic) bond motifs is 1. The molecule has 3 rings (SSSR count). The van der Waals surface area contributed by atoms with Crippen molar-refractivity contribution >= 4 is 22.9 Å². The van der Waals surface area contributed by atoms with Crippen LogP contribution in [0.25, 0.3) is 17.0 Å². The summed E-state index contributed by atoms with van der Waals surface area (Å²) in [7, 11) is 3.69. The first-order chi connectivity index (χ1) is 13.6. The van der Waals surface area contributed by atoms with Gasteiger partial charge in [-0.1, -0.05) is 24.3 Å². The Hall–Kier alpha value is -2.53. The number of aromatic nitrogens is 1. The van der Waals surface area contributed by atoms with Gasteiger partial charge in [-0.05, 0) is 77.3 Å². The zero-order chi connectivity index (χ0) is 21.2. The number of carbonyl (C=O) groups is 1. The van der Waals surface area contributed by atoms with Crippen LogP contribution in [0.1, 0.15) is 46.2 Å². The van der Waals surface area contributed by atoms with E-state index in [9.17, 15) is 4.79 Å². The van der Waals surface area contributed by atoms with Crippen LogP contribution >= 0.6 is 0 Å². The van der Waals surface area contributed by atoms with E-state index in [1.807, 2.05) is 30.4 Å². The number of nitrogens with one attached hydrogen (secondary N) is 2. The van der Waals surface area contributed by atoms with Crippen LogP contribution < -0.4 is 5.32 Å². The summed E-state index contributed by atoms with van der Waals surface area (Å²) in [6.45, 7) is 8.90. The molecule has 1 fully saturated rings. The van der Waals surface area contributed by atoms with Gasteiger partial charge in [0.05, 0.1) is 7.11 Å². The third-order valence-corrected chi connectivity index (χ3v) is 6.16. The summed E-state index contributed by atoms with van der Waals surface area (Å²) >= 11 is 0. The maximum absolute atomic E-state index is 12.8. The molecule has 0 unspecified atom stereocenters. The number of amides is 1. The summed E-state index contributed by atoms with van der Waals surface area (Å²) < 4.78 is 5.35. The fraction of sp³-hybridized carbons (Fsp3) is 0.458. The van der Waals surface area contributed by atoms with Crippen LogP contribution in [0, 0.1) is 0 Å². The maximum Gasteiger partial charge on any atom is 0.286 e. The summed E-state index contributed by atoms with van der Waals surface area (Å²) in [6, 6.07) is 10.3. The first-order valence-corrected chi connectivity index (χ1v) is 10.2. The minimum Gasteiger partial charge on any atom is -0.491 e. The summed E-state index contributed by atoms with van der Waals surface area (Å²) in [5, 5.41) is 4.33. The van der Waals surface area contributed by atoms with Gasteiger partial charge in [0.1, 0.15) is 0 Å². The van der Waals surface area contributed by atoms with E-state index in [2.05, 4.69) is 62.1 Å². The molecule has 5 nitrogen and oxygen atoms in total. The van der Waals surface area contributed by atoms with E-state index in [1.165, 1.54) is 7.11 Å². The highest BCUT2D eigenvalue weighted by Crippen LogP contribution is 2.36. The van der Waals surface area contributed by atoms with Crippen LogP contribution in [0.3, 0.4) is 0 Å². The lowest BCUT2D eigenvalue weighted by Gasteiger charge is -2.53. The van der Waals surface area contributed by atoms with Crippen molar-refractivity contribution in [2.24, 2.45) is 0 Å². The number of carbonyl (C=O) groups excluding carboxylic acids is 1. The van der Waals surface area contributed by atoms with Crippen molar-refractivity contribution in [2.45, 2.75) is 57.7 Å². The molecule has 0 radical (unpaired) electrons. The number of rotatable bonds is 5. The number of para-hydroxylation sites is 1. The van der Waals surface area contributed by atoms with Gasteiger partial charge in [0.2, 0.25) is 0 Å².